The van der Waals surface area contributed by atoms with Gasteiger partial charge in [0.25, 0.3) is 5.91 Å². The average Bonchev–Trinajstić information content (AvgIpc) is 3.32. The van der Waals surface area contributed by atoms with Gasteiger partial charge in [-0.15, -0.1) is 0 Å². The number of amides is 1. The van der Waals surface area contributed by atoms with Crippen molar-refractivity contribution in [3.8, 4) is 5.88 Å². The van der Waals surface area contributed by atoms with Crippen LogP contribution in [0.25, 0.3) is 0 Å². The number of rotatable bonds is 4. The number of hydrogen-bond acceptors (Lipinski definition) is 5. The lowest BCUT2D eigenvalue weighted by atomic mass is 9.76. The predicted molar refractivity (Wildman–Crippen MR) is 90.4 cm³/mol. The third kappa shape index (κ3) is 3.54. The molecule has 2 aromatic heterocycles. The van der Waals surface area contributed by atoms with Gasteiger partial charge in [0.1, 0.15) is 12.9 Å². The van der Waals surface area contributed by atoms with E-state index >= 15 is 0 Å². The summed E-state index contributed by atoms with van der Waals surface area (Å²) in [7, 11) is 0. The highest BCUT2D eigenvalue weighted by Gasteiger charge is 2.43. The number of pyridine rings is 1. The third-order valence-electron chi connectivity index (χ3n) is 5.22. The lowest BCUT2D eigenvalue weighted by Gasteiger charge is -2.38. The Kier molecular flexibility index (Phi) is 4.44. The number of carbonyl (C=O) groups excluding carboxylic acids is 1. The first kappa shape index (κ1) is 16.1. The van der Waals surface area contributed by atoms with Gasteiger partial charge in [-0.1, -0.05) is 6.07 Å². The molecule has 0 saturated carbocycles. The molecule has 0 bridgehead atoms. The molecule has 2 aliphatic rings. The first-order valence-electron chi connectivity index (χ1n) is 8.71. The zero-order valence-corrected chi connectivity index (χ0v) is 14.1. The Balaban J connectivity index is 1.28. The fourth-order valence-electron chi connectivity index (χ4n) is 3.71. The summed E-state index contributed by atoms with van der Waals surface area (Å²) >= 11 is 0. The van der Waals surface area contributed by atoms with E-state index in [0.29, 0.717) is 18.1 Å². The largest absolute Gasteiger partial charge is 0.475 e. The van der Waals surface area contributed by atoms with Gasteiger partial charge in [0.05, 0.1) is 24.5 Å². The van der Waals surface area contributed by atoms with E-state index in [1.165, 1.54) is 12.5 Å². The Bertz CT molecular complexity index is 693. The maximum Gasteiger partial charge on any atom is 0.257 e. The third-order valence-corrected chi connectivity index (χ3v) is 5.22. The zero-order valence-electron chi connectivity index (χ0n) is 14.1. The van der Waals surface area contributed by atoms with Crippen LogP contribution in [0.2, 0.25) is 0 Å². The molecule has 0 radical (unpaired) electrons. The molecule has 0 aromatic carbocycles. The lowest BCUT2D eigenvalue weighted by Crippen LogP contribution is -2.43. The highest BCUT2D eigenvalue weighted by atomic mass is 16.5. The van der Waals surface area contributed by atoms with Crippen molar-refractivity contribution < 1.29 is 18.7 Å². The van der Waals surface area contributed by atoms with E-state index in [1.807, 2.05) is 23.1 Å². The first-order valence-corrected chi connectivity index (χ1v) is 8.71. The van der Waals surface area contributed by atoms with E-state index in [4.69, 9.17) is 13.9 Å². The lowest BCUT2D eigenvalue weighted by molar-refractivity contribution is 0.0422. The summed E-state index contributed by atoms with van der Waals surface area (Å²) in [6.07, 6.45) is 7.78. The summed E-state index contributed by atoms with van der Waals surface area (Å²) in [6.45, 7) is 2.80. The van der Waals surface area contributed by atoms with Crippen LogP contribution in [0.15, 0.2) is 47.4 Å². The van der Waals surface area contributed by atoms with Crippen LogP contribution in [0, 0.1) is 5.41 Å². The second-order valence-electron chi connectivity index (χ2n) is 6.92. The van der Waals surface area contributed by atoms with Crippen LogP contribution in [0.5, 0.6) is 5.88 Å². The second kappa shape index (κ2) is 6.88. The fourth-order valence-corrected chi connectivity index (χ4v) is 3.71. The van der Waals surface area contributed by atoms with Gasteiger partial charge >= 0.3 is 0 Å². The van der Waals surface area contributed by atoms with E-state index < -0.39 is 0 Å². The standard InChI is InChI=1S/C19H22N2O4/c22-18(15-4-10-23-12-15)21-8-5-19(6-9-21)11-16(25-14-19)13-24-17-3-1-2-7-20-17/h1-4,7,10,12,16H,5-6,8-9,11,13-14H2. The number of likely N-dealkylation sites (tertiary alicyclic amines) is 1. The monoisotopic (exact) mass is 342 g/mol. The molecule has 1 atom stereocenters. The molecule has 4 heterocycles. The van der Waals surface area contributed by atoms with Crippen molar-refractivity contribution in [3.05, 3.63) is 48.6 Å². The van der Waals surface area contributed by atoms with Gasteiger partial charge < -0.3 is 18.8 Å². The molecule has 0 N–H and O–H groups in total. The number of hydrogen-bond donors (Lipinski definition) is 0. The Morgan fingerprint density at radius 1 is 1.32 bits per heavy atom. The summed E-state index contributed by atoms with van der Waals surface area (Å²) in [5, 5.41) is 0. The van der Waals surface area contributed by atoms with Crippen LogP contribution in [0.1, 0.15) is 29.6 Å². The Morgan fingerprint density at radius 3 is 2.92 bits per heavy atom. The Hall–Kier alpha value is -2.34. The second-order valence-corrected chi connectivity index (χ2v) is 6.92. The van der Waals surface area contributed by atoms with E-state index in [-0.39, 0.29) is 17.4 Å². The number of nitrogens with zero attached hydrogens (tertiary/aromatic N) is 2. The molecule has 4 rings (SSSR count). The summed E-state index contributed by atoms with van der Waals surface area (Å²) < 4.78 is 16.7. The van der Waals surface area contributed by atoms with Crippen LogP contribution in [-0.4, -0.2) is 48.2 Å². The minimum Gasteiger partial charge on any atom is -0.475 e. The van der Waals surface area contributed by atoms with Crippen molar-refractivity contribution in [2.45, 2.75) is 25.4 Å². The molecule has 6 nitrogen and oxygen atoms in total. The highest BCUT2D eigenvalue weighted by molar-refractivity contribution is 5.93. The van der Waals surface area contributed by atoms with Gasteiger partial charge in [0, 0.05) is 25.4 Å². The van der Waals surface area contributed by atoms with Crippen molar-refractivity contribution in [2.24, 2.45) is 5.41 Å². The Morgan fingerprint density at radius 2 is 2.20 bits per heavy atom. The van der Waals surface area contributed by atoms with Crippen LogP contribution in [0.3, 0.4) is 0 Å². The maximum atomic E-state index is 12.4. The number of piperidine rings is 1. The van der Waals surface area contributed by atoms with Crippen LogP contribution in [-0.2, 0) is 4.74 Å². The first-order chi connectivity index (χ1) is 12.2. The van der Waals surface area contributed by atoms with Gasteiger partial charge in [-0.3, -0.25) is 4.79 Å². The van der Waals surface area contributed by atoms with Crippen LogP contribution >= 0.6 is 0 Å². The van der Waals surface area contributed by atoms with E-state index in [1.54, 1.807) is 12.3 Å². The molecule has 25 heavy (non-hydrogen) atoms. The summed E-state index contributed by atoms with van der Waals surface area (Å²) in [6, 6.07) is 7.35. The summed E-state index contributed by atoms with van der Waals surface area (Å²) in [4.78, 5) is 18.5. The van der Waals surface area contributed by atoms with Crippen LogP contribution in [0.4, 0.5) is 0 Å². The number of carbonyl (C=O) groups is 1. The van der Waals surface area contributed by atoms with Crippen LogP contribution < -0.4 is 4.74 Å². The fraction of sp³-hybridized carbons (Fsp3) is 0.474. The van der Waals surface area contributed by atoms with Gasteiger partial charge in [0.2, 0.25) is 5.88 Å². The average molecular weight is 342 g/mol. The molecule has 0 aliphatic carbocycles. The molecular weight excluding hydrogens is 320 g/mol. The quantitative estimate of drug-likeness (QED) is 0.855. The van der Waals surface area contributed by atoms with Gasteiger partial charge in [-0.05, 0) is 36.8 Å². The molecule has 132 valence electrons. The minimum absolute atomic E-state index is 0.0533. The van der Waals surface area contributed by atoms with Gasteiger partial charge in [-0.25, -0.2) is 4.98 Å². The van der Waals surface area contributed by atoms with Gasteiger partial charge in [-0.2, -0.15) is 0 Å². The smallest absolute Gasteiger partial charge is 0.257 e. The molecule has 1 spiro atoms. The summed E-state index contributed by atoms with van der Waals surface area (Å²) in [5.41, 5.74) is 0.797. The van der Waals surface area contributed by atoms with E-state index in [0.717, 1.165) is 39.0 Å². The van der Waals surface area contributed by atoms with Crippen molar-refractivity contribution in [1.29, 1.82) is 0 Å². The molecular formula is C19H22N2O4. The highest BCUT2D eigenvalue weighted by Crippen LogP contribution is 2.42. The molecule has 1 unspecified atom stereocenters. The molecule has 2 fully saturated rings. The van der Waals surface area contributed by atoms with Crippen molar-refractivity contribution >= 4 is 5.91 Å². The maximum absolute atomic E-state index is 12.4. The molecule has 6 heteroatoms. The van der Waals surface area contributed by atoms with E-state index in [2.05, 4.69) is 4.98 Å². The zero-order chi connectivity index (χ0) is 17.1. The molecule has 2 aliphatic heterocycles. The molecule has 2 aromatic rings. The van der Waals surface area contributed by atoms with E-state index in [9.17, 15) is 4.79 Å². The normalized spacial score (nSPS) is 22.2. The minimum atomic E-state index is 0.0533. The molecule has 2 saturated heterocycles. The van der Waals surface area contributed by atoms with Crippen molar-refractivity contribution in [2.75, 3.05) is 26.3 Å². The molecule has 1 amide bonds. The summed E-state index contributed by atoms with van der Waals surface area (Å²) in [5.74, 6) is 0.685. The number of ether oxygens (including phenoxy) is 2. The number of furan rings is 1. The number of aromatic nitrogens is 1. The predicted octanol–water partition coefficient (Wildman–Crippen LogP) is 2.76. The van der Waals surface area contributed by atoms with Crippen molar-refractivity contribution in [3.63, 3.8) is 0 Å². The van der Waals surface area contributed by atoms with Gasteiger partial charge in [0.15, 0.2) is 0 Å². The van der Waals surface area contributed by atoms with Crippen molar-refractivity contribution in [1.82, 2.24) is 9.88 Å². The Labute approximate surface area is 146 Å². The SMILES string of the molecule is O=C(c1ccoc1)N1CCC2(CC1)COC(COc1ccccn1)C2. The topological polar surface area (TPSA) is 64.8 Å².